The van der Waals surface area contributed by atoms with E-state index in [4.69, 9.17) is 11.6 Å². The minimum Gasteiger partial charge on any atom is -0.338 e. The predicted molar refractivity (Wildman–Crippen MR) is 88.3 cm³/mol. The van der Waals surface area contributed by atoms with Gasteiger partial charge in [0.2, 0.25) is 5.91 Å². The molecule has 1 N–H and O–H groups in total. The van der Waals surface area contributed by atoms with Crippen molar-refractivity contribution < 1.29 is 4.79 Å². The number of carbonyl (C=O) groups is 1. The largest absolute Gasteiger partial charge is 0.338 e. The quantitative estimate of drug-likeness (QED) is 0.807. The highest BCUT2D eigenvalue weighted by Gasteiger charge is 2.08. The van der Waals surface area contributed by atoms with E-state index in [1.807, 2.05) is 12.1 Å². The van der Waals surface area contributed by atoms with E-state index in [1.54, 1.807) is 47.2 Å². The number of aromatic nitrogens is 1. The molecule has 0 saturated heterocycles. The van der Waals surface area contributed by atoms with Crippen LogP contribution in [0.4, 0.5) is 5.69 Å². The van der Waals surface area contributed by atoms with Crippen molar-refractivity contribution in [3.8, 4) is 0 Å². The molecule has 1 amide bonds. The molecule has 1 heterocycles. The van der Waals surface area contributed by atoms with Crippen LogP contribution in [-0.4, -0.2) is 10.5 Å². The summed E-state index contributed by atoms with van der Waals surface area (Å²) in [6.07, 6.45) is 1.62. The van der Waals surface area contributed by atoms with Gasteiger partial charge in [-0.2, -0.15) is 0 Å². The number of hydrogen-bond acceptors (Lipinski definition) is 2. The Kier molecular flexibility index (Phi) is 3.94. The zero-order chi connectivity index (χ0) is 15.5. The normalized spacial score (nSPS) is 10.6. The van der Waals surface area contributed by atoms with Gasteiger partial charge in [0.25, 0.3) is 0 Å². The Morgan fingerprint density at radius 2 is 1.77 bits per heavy atom. The third kappa shape index (κ3) is 2.87. The number of pyridine rings is 1. The van der Waals surface area contributed by atoms with Crippen LogP contribution in [-0.2, 0) is 11.3 Å². The summed E-state index contributed by atoms with van der Waals surface area (Å²) in [6.45, 7) is 0.103. The van der Waals surface area contributed by atoms with Crippen molar-refractivity contribution in [1.82, 2.24) is 4.57 Å². The van der Waals surface area contributed by atoms with Gasteiger partial charge in [0, 0.05) is 17.6 Å². The Bertz CT molecular complexity index is 902. The van der Waals surface area contributed by atoms with Crippen LogP contribution in [0.2, 0.25) is 5.02 Å². The highest BCUT2D eigenvalue weighted by molar-refractivity contribution is 6.33. The molecule has 3 aromatic rings. The fourth-order valence-electron chi connectivity index (χ4n) is 2.31. The van der Waals surface area contributed by atoms with Crippen LogP contribution < -0.4 is 10.7 Å². The Labute approximate surface area is 132 Å². The van der Waals surface area contributed by atoms with Crippen LogP contribution >= 0.6 is 11.6 Å². The first-order chi connectivity index (χ1) is 10.6. The molecule has 3 rings (SSSR count). The first-order valence-corrected chi connectivity index (χ1v) is 7.15. The molecule has 0 radical (unpaired) electrons. The summed E-state index contributed by atoms with van der Waals surface area (Å²) in [7, 11) is 0. The van der Waals surface area contributed by atoms with E-state index in [1.165, 1.54) is 6.07 Å². The third-order valence-electron chi connectivity index (χ3n) is 3.35. The van der Waals surface area contributed by atoms with E-state index in [-0.39, 0.29) is 17.9 Å². The van der Waals surface area contributed by atoms with Gasteiger partial charge in [-0.15, -0.1) is 0 Å². The average molecular weight is 313 g/mol. The summed E-state index contributed by atoms with van der Waals surface area (Å²) in [5.41, 5.74) is 1.24. The van der Waals surface area contributed by atoms with Crippen molar-refractivity contribution in [1.29, 1.82) is 0 Å². The lowest BCUT2D eigenvalue weighted by atomic mass is 10.2. The Balaban J connectivity index is 1.88. The molecule has 0 unspecified atom stereocenters. The second-order valence-electron chi connectivity index (χ2n) is 4.85. The van der Waals surface area contributed by atoms with E-state index in [0.717, 1.165) is 5.52 Å². The summed E-state index contributed by atoms with van der Waals surface area (Å²) in [5.74, 6) is -0.207. The minimum absolute atomic E-state index is 0.0571. The van der Waals surface area contributed by atoms with Gasteiger partial charge < -0.3 is 9.88 Å². The number of halogens is 1. The molecule has 1 aromatic heterocycles. The number of nitrogens with zero attached hydrogens (tertiary/aromatic N) is 1. The molecule has 0 bridgehead atoms. The van der Waals surface area contributed by atoms with Gasteiger partial charge in [-0.3, -0.25) is 9.59 Å². The maximum absolute atomic E-state index is 12.2. The summed E-state index contributed by atoms with van der Waals surface area (Å²) in [5, 5.41) is 3.85. The van der Waals surface area contributed by atoms with Gasteiger partial charge in [0.1, 0.15) is 6.54 Å². The van der Waals surface area contributed by atoms with Crippen LogP contribution in [0, 0.1) is 0 Å². The summed E-state index contributed by atoms with van der Waals surface area (Å²) in [4.78, 5) is 24.0. The second-order valence-corrected chi connectivity index (χ2v) is 5.26. The van der Waals surface area contributed by atoms with Crippen LogP contribution in [0.25, 0.3) is 10.9 Å². The number of fused-ring (bicyclic) bond motifs is 1. The molecule has 110 valence electrons. The zero-order valence-corrected chi connectivity index (χ0v) is 12.4. The van der Waals surface area contributed by atoms with Gasteiger partial charge >= 0.3 is 0 Å². The van der Waals surface area contributed by atoms with E-state index in [9.17, 15) is 9.59 Å². The number of para-hydroxylation sites is 2. The predicted octanol–water partition coefficient (Wildman–Crippen LogP) is 3.29. The number of benzene rings is 2. The third-order valence-corrected chi connectivity index (χ3v) is 3.68. The second kappa shape index (κ2) is 6.03. The smallest absolute Gasteiger partial charge is 0.244 e. The molecule has 0 fully saturated rings. The highest BCUT2D eigenvalue weighted by atomic mass is 35.5. The maximum atomic E-state index is 12.2. The SMILES string of the molecule is O=C(Cn1ccc(=O)c2ccccc21)Nc1ccccc1Cl. The van der Waals surface area contributed by atoms with E-state index >= 15 is 0 Å². The van der Waals surface area contributed by atoms with Crippen molar-refractivity contribution in [2.75, 3.05) is 5.32 Å². The zero-order valence-electron chi connectivity index (χ0n) is 11.6. The minimum atomic E-state index is -0.207. The highest BCUT2D eigenvalue weighted by Crippen LogP contribution is 2.20. The first-order valence-electron chi connectivity index (χ1n) is 6.78. The first kappa shape index (κ1) is 14.4. The Hall–Kier alpha value is -2.59. The summed E-state index contributed by atoms with van der Waals surface area (Å²) >= 11 is 6.02. The fourth-order valence-corrected chi connectivity index (χ4v) is 2.49. The molecule has 0 spiro atoms. The Morgan fingerprint density at radius 1 is 1.05 bits per heavy atom. The molecule has 0 aliphatic carbocycles. The Morgan fingerprint density at radius 3 is 2.59 bits per heavy atom. The van der Waals surface area contributed by atoms with Crippen molar-refractivity contribution in [3.05, 3.63) is 76.0 Å². The number of carbonyl (C=O) groups excluding carboxylic acids is 1. The number of hydrogen-bond donors (Lipinski definition) is 1. The van der Waals surface area contributed by atoms with Gasteiger partial charge in [-0.1, -0.05) is 35.9 Å². The van der Waals surface area contributed by atoms with Gasteiger partial charge in [0.05, 0.1) is 16.2 Å². The average Bonchev–Trinajstić information content (AvgIpc) is 2.53. The van der Waals surface area contributed by atoms with Gasteiger partial charge in [-0.25, -0.2) is 0 Å². The lowest BCUT2D eigenvalue weighted by Gasteiger charge is -2.11. The number of anilines is 1. The van der Waals surface area contributed by atoms with Crippen LogP contribution in [0.5, 0.6) is 0 Å². The number of rotatable bonds is 3. The molecular formula is C17H13ClN2O2. The van der Waals surface area contributed by atoms with Crippen LogP contribution in [0.1, 0.15) is 0 Å². The molecule has 0 atom stereocenters. The summed E-state index contributed by atoms with van der Waals surface area (Å²) in [6, 6.07) is 15.7. The standard InChI is InChI=1S/C17H13ClN2O2/c18-13-6-2-3-7-14(13)19-17(22)11-20-10-9-16(21)12-5-1-4-8-15(12)20/h1-10H,11H2,(H,19,22). The topological polar surface area (TPSA) is 51.1 Å². The molecule has 0 saturated carbocycles. The molecule has 5 heteroatoms. The summed E-state index contributed by atoms with van der Waals surface area (Å²) < 4.78 is 1.74. The van der Waals surface area contributed by atoms with Crippen LogP contribution in [0.15, 0.2) is 65.6 Å². The molecule has 2 aromatic carbocycles. The van der Waals surface area contributed by atoms with E-state index in [2.05, 4.69) is 5.32 Å². The van der Waals surface area contributed by atoms with Gasteiger partial charge in [-0.05, 0) is 24.3 Å². The monoisotopic (exact) mass is 312 g/mol. The van der Waals surface area contributed by atoms with Crippen molar-refractivity contribution in [2.24, 2.45) is 0 Å². The van der Waals surface area contributed by atoms with Gasteiger partial charge in [0.15, 0.2) is 5.43 Å². The lowest BCUT2D eigenvalue weighted by Crippen LogP contribution is -2.20. The molecule has 0 aliphatic heterocycles. The maximum Gasteiger partial charge on any atom is 0.244 e. The van der Waals surface area contributed by atoms with Crippen molar-refractivity contribution in [2.45, 2.75) is 6.54 Å². The lowest BCUT2D eigenvalue weighted by molar-refractivity contribution is -0.116. The molecule has 22 heavy (non-hydrogen) atoms. The van der Waals surface area contributed by atoms with E-state index in [0.29, 0.717) is 16.1 Å². The van der Waals surface area contributed by atoms with Crippen LogP contribution in [0.3, 0.4) is 0 Å². The van der Waals surface area contributed by atoms with Crippen molar-refractivity contribution in [3.63, 3.8) is 0 Å². The molecular weight excluding hydrogens is 300 g/mol. The molecule has 0 aliphatic rings. The number of amides is 1. The van der Waals surface area contributed by atoms with E-state index < -0.39 is 0 Å². The fraction of sp³-hybridized carbons (Fsp3) is 0.0588. The molecule has 4 nitrogen and oxygen atoms in total. The number of nitrogens with one attached hydrogen (secondary N) is 1. The van der Waals surface area contributed by atoms with Crippen molar-refractivity contribution >= 4 is 34.1 Å².